The molecular weight excluding hydrogens is 795 g/mol. The predicted molar refractivity (Wildman–Crippen MR) is 277 cm³/mol. The zero-order chi connectivity index (χ0) is 44.4. The van der Waals surface area contributed by atoms with Gasteiger partial charge in [0.1, 0.15) is 0 Å². The fraction of sp³-hybridized carbons (Fsp3) is 0.0769. The molecule has 0 N–H and O–H groups in total. The first kappa shape index (κ1) is 39.6. The summed E-state index contributed by atoms with van der Waals surface area (Å²) < 4.78 is 0. The van der Waals surface area contributed by atoms with Crippen LogP contribution in [0, 0.1) is 6.92 Å². The zero-order valence-corrected chi connectivity index (χ0v) is 37.5. The molecule has 0 amide bonds. The molecule has 0 bridgehead atoms. The Morgan fingerprint density at radius 3 is 1.32 bits per heavy atom. The van der Waals surface area contributed by atoms with E-state index in [4.69, 9.17) is 0 Å². The normalized spacial score (nSPS) is 13.6. The van der Waals surface area contributed by atoms with Gasteiger partial charge in [0.2, 0.25) is 0 Å². The lowest BCUT2D eigenvalue weighted by Crippen LogP contribution is -2.31. The van der Waals surface area contributed by atoms with E-state index in [1.165, 1.54) is 94.6 Å². The maximum atomic E-state index is 2.44. The second-order valence-electron chi connectivity index (χ2n) is 18.5. The van der Waals surface area contributed by atoms with Crippen molar-refractivity contribution >= 4 is 17.1 Å². The molecular formula is C65H49N. The van der Waals surface area contributed by atoms with Crippen molar-refractivity contribution in [1.82, 2.24) is 0 Å². The van der Waals surface area contributed by atoms with E-state index in [2.05, 4.69) is 268 Å². The molecule has 0 aliphatic heterocycles. The standard InChI is InChI=1S/C65H49N/c1-44-29-35-48(36-30-44)65(60-26-14-10-22-55(60)53-20-7-8-21-54(53)56-23-11-15-27-61(56)65)49-37-31-45(32-38-49)46-33-39-50(40-34-46)66(63-28-16-12-19-52(63)47-17-5-4-6-18-47)51-41-42-58-57-24-9-13-25-59(57)64(2,3)62(58)43-51/h4-43H,1-3H3. The van der Waals surface area contributed by atoms with Crippen LogP contribution in [0.4, 0.5) is 17.1 Å². The topological polar surface area (TPSA) is 3.24 Å². The van der Waals surface area contributed by atoms with Crippen molar-refractivity contribution in [2.24, 2.45) is 0 Å². The highest BCUT2D eigenvalue weighted by atomic mass is 15.1. The second kappa shape index (κ2) is 15.6. The lowest BCUT2D eigenvalue weighted by molar-refractivity contribution is 0.660. The number of hydrogen-bond acceptors (Lipinski definition) is 1. The van der Waals surface area contributed by atoms with E-state index in [1.807, 2.05) is 0 Å². The lowest BCUT2D eigenvalue weighted by Gasteiger charge is -2.38. The van der Waals surface area contributed by atoms with Crippen molar-refractivity contribution in [1.29, 1.82) is 0 Å². The van der Waals surface area contributed by atoms with Gasteiger partial charge in [0.25, 0.3) is 0 Å². The van der Waals surface area contributed by atoms with Crippen molar-refractivity contribution in [3.8, 4) is 55.6 Å². The van der Waals surface area contributed by atoms with Crippen LogP contribution in [0.5, 0.6) is 0 Å². The summed E-state index contributed by atoms with van der Waals surface area (Å²) in [5.41, 5.74) is 24.2. The van der Waals surface area contributed by atoms with Crippen LogP contribution in [0.25, 0.3) is 55.6 Å². The summed E-state index contributed by atoms with van der Waals surface area (Å²) in [5, 5.41) is 0. The molecule has 0 saturated heterocycles. The Kier molecular flexibility index (Phi) is 9.36. The third-order valence-corrected chi connectivity index (χ3v) is 14.5. The highest BCUT2D eigenvalue weighted by Gasteiger charge is 2.44. The number of para-hydroxylation sites is 1. The van der Waals surface area contributed by atoms with Gasteiger partial charge in [0.05, 0.1) is 11.1 Å². The number of rotatable bonds is 7. The van der Waals surface area contributed by atoms with Gasteiger partial charge in [-0.05, 0) is 121 Å². The first-order valence-electron chi connectivity index (χ1n) is 23.2. The minimum absolute atomic E-state index is 0.120. The molecule has 10 aromatic carbocycles. The van der Waals surface area contributed by atoms with Gasteiger partial charge in [-0.25, -0.2) is 0 Å². The average molecular weight is 844 g/mol. The van der Waals surface area contributed by atoms with E-state index in [0.29, 0.717) is 0 Å². The van der Waals surface area contributed by atoms with Crippen molar-refractivity contribution in [3.05, 3.63) is 282 Å². The molecule has 0 aromatic heterocycles. The second-order valence-corrected chi connectivity index (χ2v) is 18.5. The van der Waals surface area contributed by atoms with Gasteiger partial charge in [-0.1, -0.05) is 232 Å². The molecule has 2 aliphatic carbocycles. The first-order valence-corrected chi connectivity index (χ1v) is 23.2. The van der Waals surface area contributed by atoms with E-state index in [9.17, 15) is 0 Å². The van der Waals surface area contributed by atoms with Crippen LogP contribution in [0.1, 0.15) is 52.8 Å². The van der Waals surface area contributed by atoms with Gasteiger partial charge >= 0.3 is 0 Å². The van der Waals surface area contributed by atoms with Gasteiger partial charge in [-0.15, -0.1) is 0 Å². The van der Waals surface area contributed by atoms with Gasteiger partial charge in [-0.3, -0.25) is 0 Å². The molecule has 314 valence electrons. The molecule has 2 aliphatic rings. The minimum atomic E-state index is -0.569. The quantitative estimate of drug-likeness (QED) is 0.154. The zero-order valence-electron chi connectivity index (χ0n) is 37.5. The maximum Gasteiger partial charge on any atom is 0.0713 e. The number of benzene rings is 10. The molecule has 0 spiro atoms. The van der Waals surface area contributed by atoms with Crippen LogP contribution in [0.15, 0.2) is 243 Å². The van der Waals surface area contributed by atoms with Gasteiger partial charge in [-0.2, -0.15) is 0 Å². The fourth-order valence-electron chi connectivity index (χ4n) is 11.3. The van der Waals surface area contributed by atoms with Crippen LogP contribution in [-0.4, -0.2) is 0 Å². The molecule has 12 rings (SSSR count). The lowest BCUT2D eigenvalue weighted by atomic mass is 9.63. The van der Waals surface area contributed by atoms with E-state index < -0.39 is 5.41 Å². The molecule has 0 radical (unpaired) electrons. The number of nitrogens with zero attached hydrogens (tertiary/aromatic N) is 1. The molecule has 0 unspecified atom stereocenters. The minimum Gasteiger partial charge on any atom is -0.310 e. The number of aryl methyl sites for hydroxylation is 1. The summed E-state index contributed by atoms with van der Waals surface area (Å²) in [6, 6.07) is 90.3. The fourth-order valence-corrected chi connectivity index (χ4v) is 11.3. The number of hydrogen-bond donors (Lipinski definition) is 0. The summed E-state index contributed by atoms with van der Waals surface area (Å²) in [6.07, 6.45) is 0. The Bertz CT molecular complexity index is 3360. The molecule has 0 heterocycles. The Morgan fingerprint density at radius 1 is 0.303 bits per heavy atom. The summed E-state index contributed by atoms with van der Waals surface area (Å²) in [4.78, 5) is 2.44. The molecule has 0 atom stereocenters. The largest absolute Gasteiger partial charge is 0.310 e. The van der Waals surface area contributed by atoms with Gasteiger partial charge in [0.15, 0.2) is 0 Å². The average Bonchev–Trinajstić information content (AvgIpc) is 3.54. The summed E-state index contributed by atoms with van der Waals surface area (Å²) in [7, 11) is 0. The van der Waals surface area contributed by atoms with Crippen LogP contribution in [0.2, 0.25) is 0 Å². The van der Waals surface area contributed by atoms with Crippen molar-refractivity contribution in [3.63, 3.8) is 0 Å². The van der Waals surface area contributed by atoms with E-state index in [1.54, 1.807) is 0 Å². The first-order chi connectivity index (χ1) is 32.4. The molecule has 0 saturated carbocycles. The van der Waals surface area contributed by atoms with E-state index in [-0.39, 0.29) is 5.41 Å². The summed E-state index contributed by atoms with van der Waals surface area (Å²) in [5.74, 6) is 0. The molecule has 0 fully saturated rings. The Balaban J connectivity index is 0.988. The predicted octanol–water partition coefficient (Wildman–Crippen LogP) is 17.1. The Hall–Kier alpha value is -8.00. The van der Waals surface area contributed by atoms with Crippen molar-refractivity contribution in [2.75, 3.05) is 4.90 Å². The van der Waals surface area contributed by atoms with Crippen molar-refractivity contribution in [2.45, 2.75) is 31.6 Å². The van der Waals surface area contributed by atoms with Crippen LogP contribution in [-0.2, 0) is 10.8 Å². The summed E-state index contributed by atoms with van der Waals surface area (Å²) >= 11 is 0. The molecule has 1 heteroatoms. The van der Waals surface area contributed by atoms with Crippen LogP contribution in [0.3, 0.4) is 0 Å². The third-order valence-electron chi connectivity index (χ3n) is 14.5. The SMILES string of the molecule is Cc1ccc(C2(c3ccc(-c4ccc(N(c5ccc6c(c5)C(C)(C)c5ccccc5-6)c5ccccc5-c5ccccc5)cc4)cc3)c3ccccc3-c3ccccc3-c3ccccc32)cc1. The highest BCUT2D eigenvalue weighted by Crippen LogP contribution is 2.56. The molecule has 1 nitrogen and oxygen atoms in total. The van der Waals surface area contributed by atoms with Crippen LogP contribution < -0.4 is 4.90 Å². The Labute approximate surface area is 389 Å². The van der Waals surface area contributed by atoms with E-state index in [0.717, 1.165) is 17.1 Å². The third kappa shape index (κ3) is 6.15. The smallest absolute Gasteiger partial charge is 0.0713 e. The number of anilines is 3. The highest BCUT2D eigenvalue weighted by molar-refractivity contribution is 5.94. The molecule has 10 aromatic rings. The Morgan fingerprint density at radius 2 is 0.727 bits per heavy atom. The van der Waals surface area contributed by atoms with Crippen LogP contribution >= 0.6 is 0 Å². The van der Waals surface area contributed by atoms with Gasteiger partial charge < -0.3 is 4.90 Å². The van der Waals surface area contributed by atoms with Crippen molar-refractivity contribution < 1.29 is 0 Å². The summed E-state index contributed by atoms with van der Waals surface area (Å²) in [6.45, 7) is 6.89. The van der Waals surface area contributed by atoms with Gasteiger partial charge in [0, 0.05) is 22.4 Å². The monoisotopic (exact) mass is 843 g/mol. The molecule has 66 heavy (non-hydrogen) atoms. The number of fused-ring (bicyclic) bond motifs is 8. The van der Waals surface area contributed by atoms with E-state index >= 15 is 0 Å². The maximum absolute atomic E-state index is 2.44.